The fraction of sp³-hybridized carbons (Fsp3) is 0.350. The molecule has 1 amide bonds. The number of hydrogen-bond donors (Lipinski definition) is 4. The molecule has 0 spiro atoms. The zero-order chi connectivity index (χ0) is 26.4. The van der Waals surface area contributed by atoms with E-state index in [1.807, 2.05) is 0 Å². The molecule has 0 radical (unpaired) electrons. The standard InChI is InChI=1S/C20H22F6N4O4S/c1-28-18(31)11-16(12-3-2-4-13(9-12)19(21,22)23)30-35(32,33)8-7-29-17-10-14(5-6-15(17)27)34-20(24,25)26/h2-6,9-10,16,29-30H,7-8,11,27H2,1H3,(H,28,31). The van der Waals surface area contributed by atoms with Crippen molar-refractivity contribution in [2.45, 2.75) is 25.0 Å². The lowest BCUT2D eigenvalue weighted by Gasteiger charge is -2.20. The minimum absolute atomic E-state index is 0.0198. The zero-order valence-electron chi connectivity index (χ0n) is 18.1. The molecule has 0 heterocycles. The lowest BCUT2D eigenvalue weighted by Crippen LogP contribution is -2.35. The van der Waals surface area contributed by atoms with Crippen LogP contribution >= 0.6 is 0 Å². The minimum Gasteiger partial charge on any atom is -0.406 e. The van der Waals surface area contributed by atoms with Crippen LogP contribution in [0.25, 0.3) is 0 Å². The van der Waals surface area contributed by atoms with E-state index < -0.39 is 58.0 Å². The predicted octanol–water partition coefficient (Wildman–Crippen LogP) is 3.39. The van der Waals surface area contributed by atoms with Gasteiger partial charge in [-0.1, -0.05) is 12.1 Å². The van der Waals surface area contributed by atoms with E-state index in [9.17, 15) is 39.6 Å². The highest BCUT2D eigenvalue weighted by molar-refractivity contribution is 7.89. The van der Waals surface area contributed by atoms with Crippen LogP contribution < -0.4 is 25.8 Å². The molecule has 194 valence electrons. The van der Waals surface area contributed by atoms with E-state index in [0.717, 1.165) is 36.4 Å². The minimum atomic E-state index is -4.94. The molecule has 0 aliphatic heterocycles. The number of sulfonamides is 1. The second-order valence-corrected chi connectivity index (χ2v) is 9.09. The third-order valence-electron chi connectivity index (χ3n) is 4.55. The molecule has 15 heteroatoms. The maximum atomic E-state index is 13.1. The summed E-state index contributed by atoms with van der Waals surface area (Å²) in [5.74, 6) is -1.84. The van der Waals surface area contributed by atoms with Gasteiger partial charge in [-0.25, -0.2) is 13.1 Å². The Morgan fingerprint density at radius 1 is 1.09 bits per heavy atom. The number of rotatable bonds is 10. The molecule has 5 N–H and O–H groups in total. The molecule has 2 aromatic carbocycles. The largest absolute Gasteiger partial charge is 0.573 e. The van der Waals surface area contributed by atoms with Gasteiger partial charge in [0.25, 0.3) is 0 Å². The maximum Gasteiger partial charge on any atom is 0.573 e. The molecule has 0 bridgehead atoms. The fourth-order valence-electron chi connectivity index (χ4n) is 2.93. The maximum absolute atomic E-state index is 13.1. The van der Waals surface area contributed by atoms with E-state index in [-0.39, 0.29) is 23.5 Å². The first-order valence-corrected chi connectivity index (χ1v) is 11.5. The van der Waals surface area contributed by atoms with Crippen LogP contribution in [0.2, 0.25) is 0 Å². The quantitative estimate of drug-likeness (QED) is 0.277. The van der Waals surface area contributed by atoms with Gasteiger partial charge in [-0.3, -0.25) is 4.79 Å². The number of nitrogen functional groups attached to an aromatic ring is 1. The van der Waals surface area contributed by atoms with Crippen LogP contribution in [0.3, 0.4) is 0 Å². The number of nitrogens with one attached hydrogen (secondary N) is 3. The van der Waals surface area contributed by atoms with E-state index in [0.29, 0.717) is 0 Å². The summed E-state index contributed by atoms with van der Waals surface area (Å²) in [6, 6.07) is 5.60. The molecule has 35 heavy (non-hydrogen) atoms. The molecule has 2 rings (SSSR count). The molecule has 0 saturated carbocycles. The van der Waals surface area contributed by atoms with Gasteiger partial charge in [0.2, 0.25) is 15.9 Å². The average Bonchev–Trinajstić information content (AvgIpc) is 2.73. The summed E-state index contributed by atoms with van der Waals surface area (Å²) in [6.45, 7) is -0.329. The van der Waals surface area contributed by atoms with E-state index in [1.165, 1.54) is 13.1 Å². The summed E-state index contributed by atoms with van der Waals surface area (Å²) in [7, 11) is -2.90. The number of amides is 1. The summed E-state index contributed by atoms with van der Waals surface area (Å²) in [5, 5.41) is 4.84. The Balaban J connectivity index is 2.14. The van der Waals surface area contributed by atoms with Gasteiger partial charge < -0.3 is 21.1 Å². The van der Waals surface area contributed by atoms with Crippen molar-refractivity contribution in [3.05, 3.63) is 53.6 Å². The first kappa shape index (κ1) is 28.0. The summed E-state index contributed by atoms with van der Waals surface area (Å²) in [4.78, 5) is 11.8. The molecule has 0 aliphatic carbocycles. The van der Waals surface area contributed by atoms with Crippen molar-refractivity contribution < 1.29 is 44.3 Å². The Bertz CT molecular complexity index is 1140. The van der Waals surface area contributed by atoms with Crippen molar-refractivity contribution in [3.63, 3.8) is 0 Å². The molecule has 1 unspecified atom stereocenters. The SMILES string of the molecule is CNC(=O)CC(NS(=O)(=O)CCNc1cc(OC(F)(F)F)ccc1N)c1cccc(C(F)(F)F)c1. The number of ether oxygens (including phenoxy) is 1. The first-order valence-electron chi connectivity index (χ1n) is 9.86. The van der Waals surface area contributed by atoms with Gasteiger partial charge in [-0.2, -0.15) is 13.2 Å². The first-order chi connectivity index (χ1) is 16.1. The highest BCUT2D eigenvalue weighted by atomic mass is 32.2. The van der Waals surface area contributed by atoms with Crippen molar-refractivity contribution in [1.29, 1.82) is 0 Å². The Kier molecular flexibility index (Phi) is 8.84. The molecular formula is C20H22F6N4O4S. The van der Waals surface area contributed by atoms with Crippen molar-refractivity contribution in [2.75, 3.05) is 30.4 Å². The second kappa shape index (κ2) is 11.0. The van der Waals surface area contributed by atoms with Crippen LogP contribution in [0.15, 0.2) is 42.5 Å². The van der Waals surface area contributed by atoms with Crippen LogP contribution in [-0.4, -0.2) is 40.0 Å². The zero-order valence-corrected chi connectivity index (χ0v) is 18.9. The molecule has 1 atom stereocenters. The van der Waals surface area contributed by atoms with Gasteiger partial charge in [0.1, 0.15) is 5.75 Å². The lowest BCUT2D eigenvalue weighted by atomic mass is 10.0. The fourth-order valence-corrected chi connectivity index (χ4v) is 4.07. The number of anilines is 2. The number of benzene rings is 2. The summed E-state index contributed by atoms with van der Waals surface area (Å²) < 4.78 is 108. The monoisotopic (exact) mass is 528 g/mol. The second-order valence-electron chi connectivity index (χ2n) is 7.21. The van der Waals surface area contributed by atoms with Crippen LogP contribution in [0.5, 0.6) is 5.75 Å². The van der Waals surface area contributed by atoms with E-state index in [1.54, 1.807) is 0 Å². The molecule has 0 aromatic heterocycles. The van der Waals surface area contributed by atoms with Gasteiger partial charge in [-0.05, 0) is 29.8 Å². The topological polar surface area (TPSA) is 123 Å². The normalized spacial score (nSPS) is 13.2. The van der Waals surface area contributed by atoms with Gasteiger partial charge in [0.05, 0.1) is 28.7 Å². The van der Waals surface area contributed by atoms with Crippen LogP contribution in [0, 0.1) is 0 Å². The average molecular weight is 528 g/mol. The highest BCUT2D eigenvalue weighted by Crippen LogP contribution is 2.32. The van der Waals surface area contributed by atoms with Crippen LogP contribution in [-0.2, 0) is 21.0 Å². The van der Waals surface area contributed by atoms with Crippen molar-refractivity contribution in [2.24, 2.45) is 0 Å². The number of nitrogens with two attached hydrogens (primary N) is 1. The van der Waals surface area contributed by atoms with Crippen molar-refractivity contribution in [1.82, 2.24) is 10.0 Å². The molecule has 8 nitrogen and oxygen atoms in total. The smallest absolute Gasteiger partial charge is 0.406 e. The Labute approximate surface area is 196 Å². The third kappa shape index (κ3) is 9.16. The van der Waals surface area contributed by atoms with Gasteiger partial charge >= 0.3 is 12.5 Å². The van der Waals surface area contributed by atoms with E-state index >= 15 is 0 Å². The summed E-state index contributed by atoms with van der Waals surface area (Å²) in [6.07, 6.45) is -10.1. The van der Waals surface area contributed by atoms with Crippen molar-refractivity contribution >= 4 is 27.3 Å². The Hall–Kier alpha value is -3.20. The Morgan fingerprint density at radius 2 is 1.77 bits per heavy atom. The number of carbonyl (C=O) groups excluding carboxylic acids is 1. The van der Waals surface area contributed by atoms with E-state index in [4.69, 9.17) is 5.73 Å². The molecule has 0 aliphatic rings. The molecular weight excluding hydrogens is 506 g/mol. The summed E-state index contributed by atoms with van der Waals surface area (Å²) in [5.41, 5.74) is 4.57. The van der Waals surface area contributed by atoms with Gasteiger partial charge in [0, 0.05) is 26.1 Å². The molecule has 2 aromatic rings. The van der Waals surface area contributed by atoms with Gasteiger partial charge in [-0.15, -0.1) is 13.2 Å². The highest BCUT2D eigenvalue weighted by Gasteiger charge is 2.32. The number of alkyl halides is 6. The molecule has 0 saturated heterocycles. The number of halogens is 6. The number of carbonyl (C=O) groups is 1. The Morgan fingerprint density at radius 3 is 2.37 bits per heavy atom. The van der Waals surface area contributed by atoms with Crippen molar-refractivity contribution in [3.8, 4) is 5.75 Å². The van der Waals surface area contributed by atoms with Crippen LogP contribution in [0.4, 0.5) is 37.7 Å². The van der Waals surface area contributed by atoms with E-state index in [2.05, 4.69) is 20.1 Å². The van der Waals surface area contributed by atoms with Gasteiger partial charge in [0.15, 0.2) is 0 Å². The van der Waals surface area contributed by atoms with Crippen LogP contribution in [0.1, 0.15) is 23.6 Å². The summed E-state index contributed by atoms with van der Waals surface area (Å²) >= 11 is 0. The predicted molar refractivity (Wildman–Crippen MR) is 116 cm³/mol. The lowest BCUT2D eigenvalue weighted by molar-refractivity contribution is -0.274. The molecule has 0 fully saturated rings. The third-order valence-corrected chi connectivity index (χ3v) is 5.94. The number of hydrogen-bond acceptors (Lipinski definition) is 6.